The Morgan fingerprint density at radius 1 is 1.25 bits per heavy atom. The number of ether oxygens (including phenoxy) is 1. The average Bonchev–Trinajstić information content (AvgIpc) is 2.51. The van der Waals surface area contributed by atoms with Crippen LogP contribution in [0.5, 0.6) is 0 Å². The number of quaternary nitrogens is 1. The highest BCUT2D eigenvalue weighted by molar-refractivity contribution is 5.93. The number of amides is 1. The Kier molecular flexibility index (Phi) is 6.37. The first kappa shape index (κ1) is 18.5. The second kappa shape index (κ2) is 8.29. The van der Waals surface area contributed by atoms with Crippen LogP contribution in [-0.4, -0.2) is 38.1 Å². The molecule has 1 unspecified atom stereocenters. The molecule has 1 saturated heterocycles. The van der Waals surface area contributed by atoms with Gasteiger partial charge >= 0.3 is 5.97 Å². The van der Waals surface area contributed by atoms with Gasteiger partial charge < -0.3 is 15.0 Å². The molecular formula is C19H29N2O3+. The van der Waals surface area contributed by atoms with Crippen LogP contribution in [-0.2, 0) is 14.3 Å². The lowest BCUT2D eigenvalue weighted by atomic mass is 9.98. The van der Waals surface area contributed by atoms with Crippen molar-refractivity contribution in [3.05, 3.63) is 28.8 Å². The fourth-order valence-corrected chi connectivity index (χ4v) is 3.56. The molecule has 1 aliphatic heterocycles. The summed E-state index contributed by atoms with van der Waals surface area (Å²) in [5.74, 6) is -0.200. The van der Waals surface area contributed by atoms with Crippen LogP contribution in [0, 0.1) is 26.7 Å². The predicted octanol–water partition coefficient (Wildman–Crippen LogP) is 1.41. The molecule has 2 N–H and O–H groups in total. The maximum Gasteiger partial charge on any atom is 0.314 e. The average molecular weight is 333 g/mol. The molecule has 1 amide bonds. The Morgan fingerprint density at radius 3 is 2.54 bits per heavy atom. The number of benzene rings is 1. The molecule has 0 bridgehead atoms. The number of hydrogen-bond donors (Lipinski definition) is 2. The summed E-state index contributed by atoms with van der Waals surface area (Å²) in [4.78, 5) is 25.5. The van der Waals surface area contributed by atoms with E-state index in [9.17, 15) is 9.59 Å². The summed E-state index contributed by atoms with van der Waals surface area (Å²) >= 11 is 0. The molecule has 1 aliphatic rings. The third kappa shape index (κ3) is 4.81. The third-order valence-electron chi connectivity index (χ3n) is 4.59. The van der Waals surface area contributed by atoms with Crippen LogP contribution in [0.2, 0.25) is 0 Å². The first-order valence-electron chi connectivity index (χ1n) is 8.78. The summed E-state index contributed by atoms with van der Waals surface area (Å²) < 4.78 is 5.12. The smallest absolute Gasteiger partial charge is 0.314 e. The summed E-state index contributed by atoms with van der Waals surface area (Å²) in [6, 6.07) is 4.15. The number of piperidine rings is 1. The van der Waals surface area contributed by atoms with E-state index in [-0.39, 0.29) is 17.8 Å². The maximum absolute atomic E-state index is 12.4. The molecule has 132 valence electrons. The molecule has 0 aromatic heterocycles. The number of likely N-dealkylation sites (tertiary alicyclic amines) is 1. The van der Waals surface area contributed by atoms with E-state index in [0.717, 1.165) is 41.1 Å². The minimum absolute atomic E-state index is 0.00422. The van der Waals surface area contributed by atoms with Crippen molar-refractivity contribution in [1.29, 1.82) is 0 Å². The van der Waals surface area contributed by atoms with Crippen LogP contribution in [0.25, 0.3) is 0 Å². The molecule has 2 atom stereocenters. The van der Waals surface area contributed by atoms with E-state index in [4.69, 9.17) is 4.74 Å². The van der Waals surface area contributed by atoms with Crippen LogP contribution < -0.4 is 10.2 Å². The van der Waals surface area contributed by atoms with Crippen LogP contribution in [0.15, 0.2) is 12.1 Å². The number of esters is 1. The topological polar surface area (TPSA) is 59.8 Å². The molecular weight excluding hydrogens is 304 g/mol. The zero-order valence-corrected chi connectivity index (χ0v) is 15.2. The normalized spacial score (nSPS) is 20.5. The second-order valence-corrected chi connectivity index (χ2v) is 6.79. The third-order valence-corrected chi connectivity index (χ3v) is 4.59. The van der Waals surface area contributed by atoms with Gasteiger partial charge in [0.05, 0.1) is 19.7 Å². The Labute approximate surface area is 144 Å². The second-order valence-electron chi connectivity index (χ2n) is 6.79. The van der Waals surface area contributed by atoms with Gasteiger partial charge in [-0.15, -0.1) is 0 Å². The number of carbonyl (C=O) groups excluding carboxylic acids is 2. The molecule has 1 aromatic rings. The Balaban J connectivity index is 1.94. The molecule has 5 heteroatoms. The highest BCUT2D eigenvalue weighted by atomic mass is 16.5. The summed E-state index contributed by atoms with van der Waals surface area (Å²) in [6.45, 7) is 10.3. The quantitative estimate of drug-likeness (QED) is 0.801. The summed E-state index contributed by atoms with van der Waals surface area (Å²) in [6.07, 6.45) is 1.81. The zero-order valence-electron chi connectivity index (χ0n) is 15.2. The predicted molar refractivity (Wildman–Crippen MR) is 94.2 cm³/mol. The molecule has 1 fully saturated rings. The van der Waals surface area contributed by atoms with Gasteiger partial charge in [-0.2, -0.15) is 0 Å². The van der Waals surface area contributed by atoms with Gasteiger partial charge in [0.1, 0.15) is 5.92 Å². The highest BCUT2D eigenvalue weighted by Gasteiger charge is 2.30. The summed E-state index contributed by atoms with van der Waals surface area (Å²) in [7, 11) is 0. The van der Waals surface area contributed by atoms with E-state index < -0.39 is 0 Å². The number of rotatable bonds is 5. The molecule has 0 radical (unpaired) electrons. The number of aryl methyl sites for hydroxylation is 3. The Morgan fingerprint density at radius 2 is 1.92 bits per heavy atom. The highest BCUT2D eigenvalue weighted by Crippen LogP contribution is 2.21. The van der Waals surface area contributed by atoms with Crippen molar-refractivity contribution in [2.75, 3.05) is 31.6 Å². The molecule has 0 saturated carbocycles. The molecule has 0 aliphatic carbocycles. The van der Waals surface area contributed by atoms with Crippen molar-refractivity contribution in [1.82, 2.24) is 0 Å². The van der Waals surface area contributed by atoms with E-state index in [1.54, 1.807) is 0 Å². The lowest BCUT2D eigenvalue weighted by Gasteiger charge is -2.28. The van der Waals surface area contributed by atoms with Gasteiger partial charge in [0.25, 0.3) is 5.91 Å². The van der Waals surface area contributed by atoms with E-state index >= 15 is 0 Å². The van der Waals surface area contributed by atoms with Gasteiger partial charge in [0.2, 0.25) is 0 Å². The van der Waals surface area contributed by atoms with Crippen LogP contribution in [0.4, 0.5) is 5.69 Å². The monoisotopic (exact) mass is 333 g/mol. The van der Waals surface area contributed by atoms with Gasteiger partial charge in [-0.1, -0.05) is 17.7 Å². The Hall–Kier alpha value is -1.88. The minimum atomic E-state index is -0.125. The molecule has 1 heterocycles. The van der Waals surface area contributed by atoms with E-state index in [1.807, 2.05) is 20.8 Å². The van der Waals surface area contributed by atoms with Crippen molar-refractivity contribution in [2.24, 2.45) is 5.92 Å². The lowest BCUT2D eigenvalue weighted by Crippen LogP contribution is -3.14. The molecule has 1 aromatic carbocycles. The van der Waals surface area contributed by atoms with Crippen molar-refractivity contribution < 1.29 is 19.2 Å². The molecule has 0 spiro atoms. The van der Waals surface area contributed by atoms with E-state index in [0.29, 0.717) is 19.7 Å². The van der Waals surface area contributed by atoms with Crippen LogP contribution in [0.3, 0.4) is 0 Å². The number of nitrogens with one attached hydrogen (secondary N) is 2. The van der Waals surface area contributed by atoms with E-state index in [2.05, 4.69) is 24.4 Å². The van der Waals surface area contributed by atoms with Gasteiger partial charge in [0, 0.05) is 5.69 Å². The molecule has 24 heavy (non-hydrogen) atoms. The SMILES string of the molecule is CCOC(=O)[C@H]1CCC[NH+](CC(=O)Nc2c(C)cc(C)cc2C)C1. The molecule has 2 rings (SSSR count). The van der Waals surface area contributed by atoms with Gasteiger partial charge in [-0.05, 0) is 51.7 Å². The number of carbonyl (C=O) groups is 2. The summed E-state index contributed by atoms with van der Waals surface area (Å²) in [5.41, 5.74) is 4.27. The zero-order chi connectivity index (χ0) is 17.7. The van der Waals surface area contributed by atoms with Crippen molar-refractivity contribution >= 4 is 17.6 Å². The number of anilines is 1. The van der Waals surface area contributed by atoms with Gasteiger partial charge in [-0.3, -0.25) is 9.59 Å². The fourth-order valence-electron chi connectivity index (χ4n) is 3.56. The van der Waals surface area contributed by atoms with Crippen molar-refractivity contribution in [3.8, 4) is 0 Å². The van der Waals surface area contributed by atoms with Crippen molar-refractivity contribution in [3.63, 3.8) is 0 Å². The Bertz CT molecular complexity index is 590. The minimum Gasteiger partial charge on any atom is -0.466 e. The first-order chi connectivity index (χ1) is 11.4. The van der Waals surface area contributed by atoms with Crippen molar-refractivity contribution in [2.45, 2.75) is 40.5 Å². The largest absolute Gasteiger partial charge is 0.466 e. The standard InChI is InChI=1S/C19H28N2O3/c1-5-24-19(23)16-7-6-8-21(11-16)12-17(22)20-18-14(3)9-13(2)10-15(18)4/h9-10,16H,5-8,11-12H2,1-4H3,(H,20,22)/p+1/t16-/m0/s1. The van der Waals surface area contributed by atoms with Gasteiger partial charge in [-0.25, -0.2) is 0 Å². The van der Waals surface area contributed by atoms with E-state index in [1.165, 1.54) is 5.56 Å². The fraction of sp³-hybridized carbons (Fsp3) is 0.579. The number of hydrogen-bond acceptors (Lipinski definition) is 3. The van der Waals surface area contributed by atoms with Crippen LogP contribution >= 0.6 is 0 Å². The maximum atomic E-state index is 12.4. The lowest BCUT2D eigenvalue weighted by molar-refractivity contribution is -0.899. The molecule has 5 nitrogen and oxygen atoms in total. The van der Waals surface area contributed by atoms with Crippen LogP contribution in [0.1, 0.15) is 36.5 Å². The summed E-state index contributed by atoms with van der Waals surface area (Å²) in [5, 5.41) is 3.05. The first-order valence-corrected chi connectivity index (χ1v) is 8.78. The van der Waals surface area contributed by atoms with Gasteiger partial charge in [0.15, 0.2) is 6.54 Å².